The van der Waals surface area contributed by atoms with E-state index in [4.69, 9.17) is 11.6 Å². The summed E-state index contributed by atoms with van der Waals surface area (Å²) >= 11 is 11.4. The van der Waals surface area contributed by atoms with E-state index < -0.39 is 0 Å². The van der Waals surface area contributed by atoms with Gasteiger partial charge in [-0.05, 0) is 54.6 Å². The minimum absolute atomic E-state index is 0.112. The molecule has 5 heteroatoms. The van der Waals surface area contributed by atoms with Crippen LogP contribution in [0.5, 0.6) is 0 Å². The maximum absolute atomic E-state index is 13.4. The zero-order valence-corrected chi connectivity index (χ0v) is 14.3. The van der Waals surface area contributed by atoms with Crippen molar-refractivity contribution in [2.45, 2.75) is 25.8 Å². The van der Waals surface area contributed by atoms with E-state index in [1.54, 1.807) is 23.5 Å². The Bertz CT molecular complexity index is 573. The molecular formula is C15H16BrClFNS. The molecule has 0 aliphatic heterocycles. The van der Waals surface area contributed by atoms with Gasteiger partial charge in [0.05, 0.1) is 5.02 Å². The van der Waals surface area contributed by atoms with Crippen LogP contribution in [0, 0.1) is 5.82 Å². The summed E-state index contributed by atoms with van der Waals surface area (Å²) in [4.78, 5) is 1.11. The highest BCUT2D eigenvalue weighted by atomic mass is 79.9. The quantitative estimate of drug-likeness (QED) is 0.693. The first-order valence-corrected chi connectivity index (χ1v) is 8.57. The SMILES string of the molecule is CCCNC(Cc1cc(F)ccc1Br)c1sccc1Cl. The second-order valence-electron chi connectivity index (χ2n) is 4.58. The first-order valence-electron chi connectivity index (χ1n) is 6.52. The average Bonchev–Trinajstić information content (AvgIpc) is 2.84. The number of halogens is 3. The highest BCUT2D eigenvalue weighted by Gasteiger charge is 2.17. The number of benzene rings is 1. The summed E-state index contributed by atoms with van der Waals surface area (Å²) in [6.45, 7) is 3.03. The summed E-state index contributed by atoms with van der Waals surface area (Å²) < 4.78 is 14.3. The Balaban J connectivity index is 2.23. The van der Waals surface area contributed by atoms with Crippen LogP contribution >= 0.6 is 38.9 Å². The lowest BCUT2D eigenvalue weighted by atomic mass is 10.0. The second-order valence-corrected chi connectivity index (χ2v) is 6.79. The molecule has 1 aromatic heterocycles. The third-order valence-electron chi connectivity index (χ3n) is 3.03. The molecule has 0 saturated carbocycles. The lowest BCUT2D eigenvalue weighted by molar-refractivity contribution is 0.533. The molecular weight excluding hydrogens is 361 g/mol. The van der Waals surface area contributed by atoms with Crippen molar-refractivity contribution in [2.75, 3.05) is 6.54 Å². The van der Waals surface area contributed by atoms with E-state index in [0.29, 0.717) is 6.42 Å². The van der Waals surface area contributed by atoms with Gasteiger partial charge in [-0.1, -0.05) is 34.5 Å². The number of rotatable bonds is 6. The third-order valence-corrected chi connectivity index (χ3v) is 5.28. The van der Waals surface area contributed by atoms with E-state index in [-0.39, 0.29) is 11.9 Å². The topological polar surface area (TPSA) is 12.0 Å². The standard InChI is InChI=1S/C15H16BrClFNS/c1-2-6-19-14(15-13(17)5-7-20-15)9-10-8-11(18)3-4-12(10)16/h3-5,7-8,14,19H,2,6,9H2,1H3. The van der Waals surface area contributed by atoms with Crippen molar-refractivity contribution in [3.8, 4) is 0 Å². The molecule has 1 unspecified atom stereocenters. The molecule has 0 radical (unpaired) electrons. The zero-order valence-electron chi connectivity index (χ0n) is 11.1. The van der Waals surface area contributed by atoms with E-state index in [9.17, 15) is 4.39 Å². The molecule has 0 amide bonds. The predicted octanol–water partition coefficient (Wildman–Crippen LogP) is 5.59. The summed E-state index contributed by atoms with van der Waals surface area (Å²) in [5.74, 6) is -0.213. The molecule has 0 bridgehead atoms. The summed E-state index contributed by atoms with van der Waals surface area (Å²) in [5.41, 5.74) is 0.947. The number of hydrogen-bond donors (Lipinski definition) is 1. The molecule has 0 aliphatic rings. The van der Waals surface area contributed by atoms with Gasteiger partial charge in [0.25, 0.3) is 0 Å². The molecule has 1 atom stereocenters. The van der Waals surface area contributed by atoms with Gasteiger partial charge in [0, 0.05) is 15.4 Å². The van der Waals surface area contributed by atoms with E-state index in [0.717, 1.165) is 32.9 Å². The van der Waals surface area contributed by atoms with Gasteiger partial charge in [-0.15, -0.1) is 11.3 Å². The predicted molar refractivity (Wildman–Crippen MR) is 88.2 cm³/mol. The van der Waals surface area contributed by atoms with Gasteiger partial charge < -0.3 is 5.32 Å². The van der Waals surface area contributed by atoms with Crippen molar-refractivity contribution >= 4 is 38.9 Å². The van der Waals surface area contributed by atoms with E-state index in [1.807, 2.05) is 11.4 Å². The van der Waals surface area contributed by atoms with Crippen LogP contribution in [0.2, 0.25) is 5.02 Å². The van der Waals surface area contributed by atoms with Crippen molar-refractivity contribution in [2.24, 2.45) is 0 Å². The van der Waals surface area contributed by atoms with Crippen molar-refractivity contribution in [3.05, 3.63) is 55.4 Å². The van der Waals surface area contributed by atoms with Crippen LogP contribution in [0.4, 0.5) is 4.39 Å². The van der Waals surface area contributed by atoms with Crippen LogP contribution in [0.1, 0.15) is 29.8 Å². The fourth-order valence-electron chi connectivity index (χ4n) is 2.05. The van der Waals surface area contributed by atoms with Gasteiger partial charge >= 0.3 is 0 Å². The molecule has 2 aromatic rings. The molecule has 0 spiro atoms. The monoisotopic (exact) mass is 375 g/mol. The van der Waals surface area contributed by atoms with Crippen LogP contribution in [-0.2, 0) is 6.42 Å². The Hall–Kier alpha value is -0.420. The number of nitrogens with one attached hydrogen (secondary N) is 1. The first kappa shape index (κ1) is 16.0. The largest absolute Gasteiger partial charge is 0.309 e. The number of hydrogen-bond acceptors (Lipinski definition) is 2. The summed E-state index contributed by atoms with van der Waals surface area (Å²) in [7, 11) is 0. The molecule has 0 aliphatic carbocycles. The minimum atomic E-state index is -0.213. The lowest BCUT2D eigenvalue weighted by Crippen LogP contribution is -2.23. The van der Waals surface area contributed by atoms with Crippen molar-refractivity contribution < 1.29 is 4.39 Å². The van der Waals surface area contributed by atoms with Crippen LogP contribution in [0.3, 0.4) is 0 Å². The summed E-state index contributed by atoms with van der Waals surface area (Å²) in [6, 6.07) is 6.80. The summed E-state index contributed by atoms with van der Waals surface area (Å²) in [6.07, 6.45) is 1.75. The van der Waals surface area contributed by atoms with Gasteiger partial charge in [-0.2, -0.15) is 0 Å². The lowest BCUT2D eigenvalue weighted by Gasteiger charge is -2.19. The van der Waals surface area contributed by atoms with Crippen molar-refractivity contribution in [3.63, 3.8) is 0 Å². The molecule has 1 aromatic carbocycles. The Labute approximate surface area is 136 Å². The third kappa shape index (κ3) is 4.04. The molecule has 20 heavy (non-hydrogen) atoms. The second kappa shape index (κ2) is 7.55. The Morgan fingerprint density at radius 1 is 1.40 bits per heavy atom. The highest BCUT2D eigenvalue weighted by Crippen LogP contribution is 2.32. The maximum Gasteiger partial charge on any atom is 0.123 e. The Morgan fingerprint density at radius 2 is 2.20 bits per heavy atom. The molecule has 108 valence electrons. The molecule has 0 fully saturated rings. The zero-order chi connectivity index (χ0) is 14.5. The van der Waals surface area contributed by atoms with E-state index in [2.05, 4.69) is 28.2 Å². The molecule has 1 N–H and O–H groups in total. The molecule has 1 nitrogen and oxygen atoms in total. The van der Waals surface area contributed by atoms with Gasteiger partial charge in [0.2, 0.25) is 0 Å². The maximum atomic E-state index is 13.4. The van der Waals surface area contributed by atoms with Crippen LogP contribution in [-0.4, -0.2) is 6.54 Å². The van der Waals surface area contributed by atoms with Crippen LogP contribution < -0.4 is 5.32 Å². The smallest absolute Gasteiger partial charge is 0.123 e. The highest BCUT2D eigenvalue weighted by molar-refractivity contribution is 9.10. The van der Waals surface area contributed by atoms with Gasteiger partial charge in [-0.3, -0.25) is 0 Å². The minimum Gasteiger partial charge on any atom is -0.309 e. The summed E-state index contributed by atoms with van der Waals surface area (Å²) in [5, 5.41) is 6.25. The van der Waals surface area contributed by atoms with Crippen molar-refractivity contribution in [1.29, 1.82) is 0 Å². The van der Waals surface area contributed by atoms with Gasteiger partial charge in [-0.25, -0.2) is 4.39 Å². The van der Waals surface area contributed by atoms with Gasteiger partial charge in [0.1, 0.15) is 5.82 Å². The Morgan fingerprint density at radius 3 is 2.85 bits per heavy atom. The van der Waals surface area contributed by atoms with E-state index in [1.165, 1.54) is 6.07 Å². The van der Waals surface area contributed by atoms with Gasteiger partial charge in [0.15, 0.2) is 0 Å². The number of thiophene rings is 1. The fraction of sp³-hybridized carbons (Fsp3) is 0.333. The van der Waals surface area contributed by atoms with Crippen LogP contribution in [0.25, 0.3) is 0 Å². The molecule has 2 rings (SSSR count). The fourth-order valence-corrected chi connectivity index (χ4v) is 3.72. The average molecular weight is 377 g/mol. The normalized spacial score (nSPS) is 12.6. The van der Waals surface area contributed by atoms with Crippen molar-refractivity contribution in [1.82, 2.24) is 5.32 Å². The molecule has 0 saturated heterocycles. The van der Waals surface area contributed by atoms with E-state index >= 15 is 0 Å². The molecule has 1 heterocycles. The first-order chi connectivity index (χ1) is 9.61. The Kier molecular flexibility index (Phi) is 6.02. The van der Waals surface area contributed by atoms with Crippen LogP contribution in [0.15, 0.2) is 34.1 Å².